The maximum absolute atomic E-state index is 13.5. The van der Waals surface area contributed by atoms with Crippen molar-refractivity contribution in [3.63, 3.8) is 0 Å². The highest BCUT2D eigenvalue weighted by atomic mass is 19.1. The molecule has 1 aromatic carbocycles. The minimum absolute atomic E-state index is 0.0898. The number of nitrogens with one attached hydrogen (secondary N) is 1. The van der Waals surface area contributed by atoms with Gasteiger partial charge in [-0.05, 0) is 57.0 Å². The highest BCUT2D eigenvalue weighted by Gasteiger charge is 2.25. The van der Waals surface area contributed by atoms with E-state index in [9.17, 15) is 9.50 Å². The summed E-state index contributed by atoms with van der Waals surface area (Å²) in [4.78, 5) is 2.23. The average Bonchev–Trinajstić information content (AvgIpc) is 2.46. The minimum atomic E-state index is -0.210. The van der Waals surface area contributed by atoms with E-state index < -0.39 is 0 Å². The third kappa shape index (κ3) is 3.07. The van der Waals surface area contributed by atoms with Gasteiger partial charge in [0.1, 0.15) is 5.82 Å². The summed E-state index contributed by atoms with van der Waals surface area (Å²) >= 11 is 0. The van der Waals surface area contributed by atoms with E-state index in [0.29, 0.717) is 0 Å². The smallest absolute Gasteiger partial charge is 0.123 e. The van der Waals surface area contributed by atoms with Crippen LogP contribution in [0.3, 0.4) is 0 Å². The summed E-state index contributed by atoms with van der Waals surface area (Å²) < 4.78 is 13.5. The minimum Gasteiger partial charge on any atom is -0.394 e. The Bertz CT molecular complexity index is 425. The molecule has 0 amide bonds. The van der Waals surface area contributed by atoms with Crippen molar-refractivity contribution in [1.82, 2.24) is 5.32 Å². The van der Waals surface area contributed by atoms with Crippen molar-refractivity contribution >= 4 is 5.69 Å². The van der Waals surface area contributed by atoms with Crippen molar-refractivity contribution in [2.45, 2.75) is 38.3 Å². The fourth-order valence-corrected chi connectivity index (χ4v) is 2.80. The molecule has 1 saturated heterocycles. The Hall–Kier alpha value is -1.13. The molecule has 1 aliphatic rings. The van der Waals surface area contributed by atoms with Gasteiger partial charge in [-0.2, -0.15) is 0 Å². The van der Waals surface area contributed by atoms with E-state index in [1.54, 1.807) is 6.07 Å². The molecule has 1 aliphatic heterocycles. The first kappa shape index (κ1) is 14.3. The van der Waals surface area contributed by atoms with E-state index in [4.69, 9.17) is 0 Å². The van der Waals surface area contributed by atoms with Crippen LogP contribution in [0.2, 0.25) is 0 Å². The third-order valence-electron chi connectivity index (χ3n) is 4.04. The summed E-state index contributed by atoms with van der Waals surface area (Å²) in [7, 11) is 1.87. The Labute approximate surface area is 114 Å². The number of rotatable bonds is 4. The molecule has 2 unspecified atom stereocenters. The summed E-state index contributed by atoms with van der Waals surface area (Å²) in [5.41, 5.74) is 2.00. The van der Waals surface area contributed by atoms with Gasteiger partial charge in [-0.3, -0.25) is 0 Å². The van der Waals surface area contributed by atoms with Crippen LogP contribution in [0.15, 0.2) is 18.2 Å². The van der Waals surface area contributed by atoms with Gasteiger partial charge in [0.2, 0.25) is 0 Å². The zero-order chi connectivity index (χ0) is 13.8. The molecular formula is C15H23FN2O. The van der Waals surface area contributed by atoms with Crippen molar-refractivity contribution < 1.29 is 9.50 Å². The first-order valence-electron chi connectivity index (χ1n) is 7.01. The molecule has 2 N–H and O–H groups in total. The topological polar surface area (TPSA) is 35.5 Å². The zero-order valence-electron chi connectivity index (χ0n) is 11.7. The number of nitrogens with zero attached hydrogens (tertiary/aromatic N) is 1. The van der Waals surface area contributed by atoms with Gasteiger partial charge in [-0.25, -0.2) is 4.39 Å². The summed E-state index contributed by atoms with van der Waals surface area (Å²) in [6.07, 6.45) is 3.28. The highest BCUT2D eigenvalue weighted by Crippen LogP contribution is 2.31. The van der Waals surface area contributed by atoms with Crippen LogP contribution in [0.4, 0.5) is 10.1 Å². The van der Waals surface area contributed by atoms with Crippen LogP contribution in [0.5, 0.6) is 0 Å². The number of aliphatic hydroxyl groups excluding tert-OH is 1. The van der Waals surface area contributed by atoms with Gasteiger partial charge in [-0.1, -0.05) is 0 Å². The van der Waals surface area contributed by atoms with Crippen molar-refractivity contribution in [1.29, 1.82) is 0 Å². The molecule has 1 fully saturated rings. The van der Waals surface area contributed by atoms with Gasteiger partial charge in [-0.15, -0.1) is 0 Å². The molecular weight excluding hydrogens is 243 g/mol. The maximum atomic E-state index is 13.5. The standard InChI is InChI=1S/C15H23FN2O/c1-11(17-2)14-9-12(16)6-7-15(14)18-8-4-3-5-13(18)10-19/h6-7,9,11,13,17,19H,3-5,8,10H2,1-2H3. The van der Waals surface area contributed by atoms with Crippen molar-refractivity contribution in [3.8, 4) is 0 Å². The normalized spacial score (nSPS) is 21.5. The lowest BCUT2D eigenvalue weighted by molar-refractivity contribution is 0.240. The molecule has 0 radical (unpaired) electrons. The molecule has 0 saturated carbocycles. The average molecular weight is 266 g/mol. The van der Waals surface area contributed by atoms with Gasteiger partial charge < -0.3 is 15.3 Å². The Morgan fingerprint density at radius 1 is 1.47 bits per heavy atom. The van der Waals surface area contributed by atoms with E-state index in [1.807, 2.05) is 20.0 Å². The second-order valence-corrected chi connectivity index (χ2v) is 5.24. The quantitative estimate of drug-likeness (QED) is 0.878. The second-order valence-electron chi connectivity index (χ2n) is 5.24. The lowest BCUT2D eigenvalue weighted by Crippen LogP contribution is -2.42. The lowest BCUT2D eigenvalue weighted by atomic mass is 9.98. The summed E-state index contributed by atoms with van der Waals surface area (Å²) in [5, 5.41) is 12.7. The molecule has 2 rings (SSSR count). The number of halogens is 1. The van der Waals surface area contributed by atoms with E-state index in [1.165, 1.54) is 6.07 Å². The van der Waals surface area contributed by atoms with Crippen molar-refractivity contribution in [2.75, 3.05) is 25.1 Å². The summed E-state index contributed by atoms with van der Waals surface area (Å²) in [5.74, 6) is -0.210. The van der Waals surface area contributed by atoms with Crippen LogP contribution < -0.4 is 10.2 Å². The summed E-state index contributed by atoms with van der Waals surface area (Å²) in [6, 6.07) is 5.19. The summed E-state index contributed by atoms with van der Waals surface area (Å²) in [6.45, 7) is 3.11. The number of aliphatic hydroxyl groups is 1. The van der Waals surface area contributed by atoms with Crippen LogP contribution in [-0.2, 0) is 0 Å². The molecule has 4 heteroatoms. The molecule has 1 heterocycles. The van der Waals surface area contributed by atoms with Crippen LogP contribution in [0, 0.1) is 5.82 Å². The third-order valence-corrected chi connectivity index (χ3v) is 4.04. The molecule has 3 nitrogen and oxygen atoms in total. The van der Waals surface area contributed by atoms with Crippen LogP contribution in [-0.4, -0.2) is 31.3 Å². The van der Waals surface area contributed by atoms with E-state index >= 15 is 0 Å². The number of anilines is 1. The van der Waals surface area contributed by atoms with E-state index in [-0.39, 0.29) is 24.5 Å². The highest BCUT2D eigenvalue weighted by molar-refractivity contribution is 5.56. The molecule has 2 atom stereocenters. The SMILES string of the molecule is CNC(C)c1cc(F)ccc1N1CCCCC1CO. The maximum Gasteiger partial charge on any atom is 0.123 e. The molecule has 0 aliphatic carbocycles. The number of benzene rings is 1. The molecule has 0 spiro atoms. The molecule has 0 aromatic heterocycles. The zero-order valence-corrected chi connectivity index (χ0v) is 11.7. The number of hydrogen-bond donors (Lipinski definition) is 2. The van der Waals surface area contributed by atoms with Gasteiger partial charge in [0.25, 0.3) is 0 Å². The van der Waals surface area contributed by atoms with E-state index in [0.717, 1.165) is 37.1 Å². The van der Waals surface area contributed by atoms with Gasteiger partial charge in [0.05, 0.1) is 12.6 Å². The van der Waals surface area contributed by atoms with Gasteiger partial charge in [0, 0.05) is 18.3 Å². The lowest BCUT2D eigenvalue weighted by Gasteiger charge is -2.38. The second kappa shape index (κ2) is 6.35. The Kier molecular flexibility index (Phi) is 4.77. The fraction of sp³-hybridized carbons (Fsp3) is 0.600. The number of piperidine rings is 1. The van der Waals surface area contributed by atoms with Crippen molar-refractivity contribution in [3.05, 3.63) is 29.6 Å². The van der Waals surface area contributed by atoms with Crippen molar-refractivity contribution in [2.24, 2.45) is 0 Å². The largest absolute Gasteiger partial charge is 0.394 e. The Balaban J connectivity index is 2.36. The number of hydrogen-bond acceptors (Lipinski definition) is 3. The Morgan fingerprint density at radius 3 is 2.95 bits per heavy atom. The Morgan fingerprint density at radius 2 is 2.26 bits per heavy atom. The fourth-order valence-electron chi connectivity index (χ4n) is 2.80. The first-order valence-corrected chi connectivity index (χ1v) is 7.01. The molecule has 1 aromatic rings. The first-order chi connectivity index (χ1) is 9.17. The molecule has 106 valence electrons. The van der Waals surface area contributed by atoms with Crippen LogP contribution in [0.25, 0.3) is 0 Å². The van der Waals surface area contributed by atoms with Crippen LogP contribution >= 0.6 is 0 Å². The van der Waals surface area contributed by atoms with Gasteiger partial charge in [0.15, 0.2) is 0 Å². The monoisotopic (exact) mass is 266 g/mol. The predicted molar refractivity (Wildman–Crippen MR) is 75.9 cm³/mol. The predicted octanol–water partition coefficient (Wildman–Crippen LogP) is 2.46. The van der Waals surface area contributed by atoms with E-state index in [2.05, 4.69) is 10.2 Å². The molecule has 19 heavy (non-hydrogen) atoms. The van der Waals surface area contributed by atoms with Crippen LogP contribution in [0.1, 0.15) is 37.8 Å². The molecule has 0 bridgehead atoms. The van der Waals surface area contributed by atoms with Gasteiger partial charge >= 0.3 is 0 Å².